The lowest BCUT2D eigenvalue weighted by Gasteiger charge is -2.48. The van der Waals surface area contributed by atoms with E-state index in [-0.39, 0.29) is 5.70 Å². The Morgan fingerprint density at radius 2 is 1.88 bits per heavy atom. The number of hydrogen-bond acceptors (Lipinski definition) is 5. The number of carboxylic acids is 2. The van der Waals surface area contributed by atoms with Crippen molar-refractivity contribution in [2.24, 2.45) is 0 Å². The summed E-state index contributed by atoms with van der Waals surface area (Å²) in [6.45, 7) is 0. The number of carbonyl (C=O) groups excluding carboxylic acids is 2. The van der Waals surface area contributed by atoms with E-state index in [1.807, 2.05) is 0 Å². The van der Waals surface area contributed by atoms with E-state index >= 15 is 0 Å². The number of carboxylic acid groups (broad SMARTS) is 2. The normalized spacial score (nSPS) is 23.0. The van der Waals surface area contributed by atoms with Crippen molar-refractivity contribution in [1.29, 1.82) is 0 Å². The number of carbonyl (C=O) groups is 4. The van der Waals surface area contributed by atoms with Gasteiger partial charge in [-0.15, -0.1) is 11.8 Å². The zero-order valence-corrected chi connectivity index (χ0v) is 13.6. The fraction of sp³-hybridized carbons (Fsp3) is 0.250. The molecule has 0 saturated carbocycles. The number of β-lactam (4-membered cyclic amide) rings is 1. The zero-order chi connectivity index (χ0) is 18.1. The third-order valence-electron chi connectivity index (χ3n) is 4.01. The number of aliphatic carboxylic acids is 2. The molecular formula is C16H14N2O6S. The molecule has 25 heavy (non-hydrogen) atoms. The largest absolute Gasteiger partial charge is 0.480 e. The number of thioether (sulfide) groups is 1. The Morgan fingerprint density at radius 1 is 1.20 bits per heavy atom. The highest BCUT2D eigenvalue weighted by Gasteiger charge is 2.53. The fourth-order valence-corrected chi connectivity index (χ4v) is 4.02. The molecule has 3 atom stereocenters. The van der Waals surface area contributed by atoms with Gasteiger partial charge in [0.1, 0.15) is 17.1 Å². The van der Waals surface area contributed by atoms with Gasteiger partial charge in [0, 0.05) is 5.75 Å². The van der Waals surface area contributed by atoms with Crippen LogP contribution in [-0.4, -0.2) is 56.0 Å². The highest BCUT2D eigenvalue weighted by atomic mass is 32.2. The van der Waals surface area contributed by atoms with Crippen molar-refractivity contribution in [3.8, 4) is 0 Å². The van der Waals surface area contributed by atoms with Gasteiger partial charge in [-0.3, -0.25) is 19.3 Å². The first-order valence-corrected chi connectivity index (χ1v) is 8.43. The summed E-state index contributed by atoms with van der Waals surface area (Å²) < 4.78 is 0. The Morgan fingerprint density at radius 3 is 2.48 bits per heavy atom. The molecule has 2 aliphatic rings. The van der Waals surface area contributed by atoms with Crippen LogP contribution in [-0.2, 0) is 19.2 Å². The molecule has 3 N–H and O–H groups in total. The minimum Gasteiger partial charge on any atom is -0.480 e. The quantitative estimate of drug-likeness (QED) is 0.506. The van der Waals surface area contributed by atoms with Crippen molar-refractivity contribution in [2.75, 3.05) is 5.75 Å². The van der Waals surface area contributed by atoms with E-state index in [1.165, 1.54) is 30.0 Å². The number of nitrogens with zero attached hydrogens (tertiary/aromatic N) is 1. The molecule has 130 valence electrons. The molecule has 1 saturated heterocycles. The van der Waals surface area contributed by atoms with E-state index in [4.69, 9.17) is 5.11 Å². The van der Waals surface area contributed by atoms with Crippen molar-refractivity contribution in [2.45, 2.75) is 17.3 Å². The second kappa shape index (κ2) is 6.60. The van der Waals surface area contributed by atoms with Crippen LogP contribution in [0.25, 0.3) is 0 Å². The average molecular weight is 362 g/mol. The summed E-state index contributed by atoms with van der Waals surface area (Å²) in [6, 6.07) is 7.05. The molecule has 2 amide bonds. The van der Waals surface area contributed by atoms with E-state index in [0.717, 1.165) is 4.90 Å². The third kappa shape index (κ3) is 2.98. The van der Waals surface area contributed by atoms with Gasteiger partial charge >= 0.3 is 11.9 Å². The lowest BCUT2D eigenvalue weighted by molar-refractivity contribution is -0.152. The molecule has 1 aromatic carbocycles. The summed E-state index contributed by atoms with van der Waals surface area (Å²) in [6.07, 6.45) is 1.43. The Hall–Kier alpha value is -2.81. The summed E-state index contributed by atoms with van der Waals surface area (Å²) in [7, 11) is 0. The van der Waals surface area contributed by atoms with E-state index in [1.54, 1.807) is 18.2 Å². The summed E-state index contributed by atoms with van der Waals surface area (Å²) in [4.78, 5) is 48.4. The molecular weight excluding hydrogens is 348 g/mol. The van der Waals surface area contributed by atoms with Crippen LogP contribution >= 0.6 is 11.8 Å². The maximum absolute atomic E-state index is 12.4. The predicted molar refractivity (Wildman–Crippen MR) is 87.6 cm³/mol. The third-order valence-corrected chi connectivity index (χ3v) is 5.19. The topological polar surface area (TPSA) is 124 Å². The molecule has 0 bridgehead atoms. The first-order chi connectivity index (χ1) is 11.9. The average Bonchev–Trinajstić information content (AvgIpc) is 2.59. The molecule has 1 aromatic rings. The zero-order valence-electron chi connectivity index (χ0n) is 12.8. The molecule has 2 unspecified atom stereocenters. The SMILES string of the molecule is O=C(O)C1=CCS[C@@H]2C(NC(=O)C(C(=O)O)c3ccccc3)C(=O)N12. The van der Waals surface area contributed by atoms with Crippen molar-refractivity contribution in [3.05, 3.63) is 47.7 Å². The standard InChI is InChI=1S/C16H14N2O6S/c19-12(10(16(23)24)8-4-2-1-3-5-8)17-11-13(20)18-9(15(21)22)6-7-25-14(11)18/h1-6,10-11,14H,7H2,(H,17,19)(H,21,22)(H,23,24)/t10?,11?,14-/m1/s1. The van der Waals surface area contributed by atoms with Gasteiger partial charge in [-0.1, -0.05) is 30.3 Å². The van der Waals surface area contributed by atoms with Gasteiger partial charge in [-0.05, 0) is 11.6 Å². The summed E-state index contributed by atoms with van der Waals surface area (Å²) in [5.41, 5.74) is 0.190. The lowest BCUT2D eigenvalue weighted by Crippen LogP contribution is -2.70. The van der Waals surface area contributed by atoms with Crippen LogP contribution in [0.15, 0.2) is 42.1 Å². The van der Waals surface area contributed by atoms with Crippen LogP contribution in [0.4, 0.5) is 0 Å². The number of fused-ring (bicyclic) bond motifs is 1. The number of benzene rings is 1. The maximum atomic E-state index is 12.4. The van der Waals surface area contributed by atoms with Gasteiger partial charge in [-0.25, -0.2) is 4.79 Å². The molecule has 0 aromatic heterocycles. The highest BCUT2D eigenvalue weighted by molar-refractivity contribution is 8.00. The van der Waals surface area contributed by atoms with Gasteiger partial charge < -0.3 is 15.5 Å². The Labute approximate surface area is 146 Å². The molecule has 3 rings (SSSR count). The lowest BCUT2D eigenvalue weighted by atomic mass is 9.97. The number of hydrogen-bond donors (Lipinski definition) is 3. The van der Waals surface area contributed by atoms with Crippen LogP contribution < -0.4 is 5.32 Å². The maximum Gasteiger partial charge on any atom is 0.352 e. The van der Waals surface area contributed by atoms with E-state index in [2.05, 4.69) is 5.32 Å². The fourth-order valence-electron chi connectivity index (χ4n) is 2.83. The summed E-state index contributed by atoms with van der Waals surface area (Å²) >= 11 is 1.31. The van der Waals surface area contributed by atoms with Crippen molar-refractivity contribution in [1.82, 2.24) is 10.2 Å². The molecule has 9 heteroatoms. The van der Waals surface area contributed by atoms with E-state index in [9.17, 15) is 24.3 Å². The Bertz CT molecular complexity index is 778. The first-order valence-electron chi connectivity index (χ1n) is 7.38. The Kier molecular flexibility index (Phi) is 4.49. The molecule has 0 radical (unpaired) electrons. The van der Waals surface area contributed by atoms with E-state index in [0.29, 0.717) is 11.3 Å². The van der Waals surface area contributed by atoms with Crippen molar-refractivity contribution >= 4 is 35.5 Å². The molecule has 2 heterocycles. The second-order valence-electron chi connectivity index (χ2n) is 5.49. The summed E-state index contributed by atoms with van der Waals surface area (Å²) in [5, 5.41) is 20.4. The van der Waals surface area contributed by atoms with Gasteiger partial charge in [-0.2, -0.15) is 0 Å². The van der Waals surface area contributed by atoms with Crippen LogP contribution in [0.2, 0.25) is 0 Å². The van der Waals surface area contributed by atoms with Crippen LogP contribution in [0.3, 0.4) is 0 Å². The summed E-state index contributed by atoms with van der Waals surface area (Å²) in [5.74, 6) is -4.94. The highest BCUT2D eigenvalue weighted by Crippen LogP contribution is 2.37. The van der Waals surface area contributed by atoms with Gasteiger partial charge in [0.25, 0.3) is 5.91 Å². The number of nitrogens with one attached hydrogen (secondary N) is 1. The van der Waals surface area contributed by atoms with Crippen molar-refractivity contribution in [3.63, 3.8) is 0 Å². The van der Waals surface area contributed by atoms with Gasteiger partial charge in [0.15, 0.2) is 5.92 Å². The van der Waals surface area contributed by atoms with Crippen LogP contribution in [0, 0.1) is 0 Å². The van der Waals surface area contributed by atoms with Gasteiger partial charge in [0.05, 0.1) is 0 Å². The minimum atomic E-state index is -1.44. The van der Waals surface area contributed by atoms with Crippen LogP contribution in [0.5, 0.6) is 0 Å². The molecule has 1 fully saturated rings. The second-order valence-corrected chi connectivity index (χ2v) is 6.64. The monoisotopic (exact) mass is 362 g/mol. The minimum absolute atomic E-state index is 0.114. The number of rotatable bonds is 5. The molecule has 2 aliphatic heterocycles. The number of amides is 2. The molecule has 0 aliphatic carbocycles. The molecule has 0 spiro atoms. The van der Waals surface area contributed by atoms with Crippen LogP contribution in [0.1, 0.15) is 11.5 Å². The Balaban J connectivity index is 1.76. The van der Waals surface area contributed by atoms with Crippen molar-refractivity contribution < 1.29 is 29.4 Å². The first kappa shape index (κ1) is 17.0. The van der Waals surface area contributed by atoms with E-state index < -0.39 is 41.1 Å². The smallest absolute Gasteiger partial charge is 0.352 e. The predicted octanol–water partition coefficient (Wildman–Crippen LogP) is 0.223. The van der Waals surface area contributed by atoms with Gasteiger partial charge in [0.2, 0.25) is 5.91 Å². The molecule has 8 nitrogen and oxygen atoms in total.